The first-order valence-electron chi connectivity index (χ1n) is 6.26. The van der Waals surface area contributed by atoms with Crippen molar-refractivity contribution in [2.45, 2.75) is 32.1 Å². The zero-order chi connectivity index (χ0) is 14.0. The molecule has 3 nitrogen and oxygen atoms in total. The number of benzene rings is 1. The van der Waals surface area contributed by atoms with Crippen LogP contribution in [0.5, 0.6) is 0 Å². The van der Waals surface area contributed by atoms with Crippen LogP contribution >= 0.6 is 11.8 Å². The summed E-state index contributed by atoms with van der Waals surface area (Å²) in [5.74, 6) is 0. The van der Waals surface area contributed by atoms with E-state index >= 15 is 0 Å². The molecule has 1 heterocycles. The second-order valence-electron chi connectivity index (χ2n) is 4.38. The number of aromatic nitrogens is 2. The average Bonchev–Trinajstić information content (AvgIpc) is 2.72. The molecule has 98 valence electrons. The lowest BCUT2D eigenvalue weighted by Gasteiger charge is -2.09. The molecule has 1 aromatic carbocycles. The molecule has 0 bridgehead atoms. The van der Waals surface area contributed by atoms with Gasteiger partial charge in [-0.1, -0.05) is 13.0 Å². The van der Waals surface area contributed by atoms with Gasteiger partial charge in [-0.2, -0.15) is 10.4 Å². The van der Waals surface area contributed by atoms with Gasteiger partial charge >= 0.3 is 0 Å². The molecule has 0 N–H and O–H groups in total. The highest BCUT2D eigenvalue weighted by Gasteiger charge is 2.15. The number of nitrogens with zero attached hydrogens (tertiary/aromatic N) is 3. The first-order valence-corrected chi connectivity index (χ1v) is 7.49. The first kappa shape index (κ1) is 13.7. The molecule has 0 saturated carbocycles. The summed E-state index contributed by atoms with van der Waals surface area (Å²) in [6.07, 6.45) is 2.94. The Balaban J connectivity index is 2.70. The smallest absolute Gasteiger partial charge is 0.103 e. The van der Waals surface area contributed by atoms with E-state index in [0.29, 0.717) is 5.56 Å². The van der Waals surface area contributed by atoms with Crippen LogP contribution in [0, 0.1) is 25.2 Å². The van der Waals surface area contributed by atoms with Gasteiger partial charge in [-0.25, -0.2) is 4.68 Å². The van der Waals surface area contributed by atoms with Gasteiger partial charge in [0.1, 0.15) is 6.07 Å². The van der Waals surface area contributed by atoms with Crippen LogP contribution in [-0.4, -0.2) is 16.0 Å². The standard InChI is InChI=1S/C15H17N3S/c1-5-12-10(2)17-18(11(12)3)14-7-6-8-15(19-4)13(14)9-16/h6-8H,5H2,1-4H3. The molecule has 0 aliphatic rings. The van der Waals surface area contributed by atoms with Gasteiger partial charge < -0.3 is 0 Å². The molecule has 0 aliphatic heterocycles. The van der Waals surface area contributed by atoms with Gasteiger partial charge in [0.2, 0.25) is 0 Å². The fourth-order valence-electron chi connectivity index (χ4n) is 2.40. The Kier molecular flexibility index (Phi) is 3.96. The van der Waals surface area contributed by atoms with Crippen LogP contribution in [0.3, 0.4) is 0 Å². The molecule has 2 aromatic rings. The lowest BCUT2D eigenvalue weighted by Crippen LogP contribution is -2.03. The maximum absolute atomic E-state index is 9.41. The molecular weight excluding hydrogens is 254 g/mol. The third-order valence-corrected chi connectivity index (χ3v) is 4.14. The van der Waals surface area contributed by atoms with E-state index in [1.165, 1.54) is 5.56 Å². The predicted octanol–water partition coefficient (Wildman–Crippen LogP) is 3.65. The van der Waals surface area contributed by atoms with Gasteiger partial charge in [0.15, 0.2) is 0 Å². The highest BCUT2D eigenvalue weighted by Crippen LogP contribution is 2.27. The quantitative estimate of drug-likeness (QED) is 0.800. The molecule has 1 aromatic heterocycles. The van der Waals surface area contributed by atoms with Crippen LogP contribution in [0.1, 0.15) is 29.4 Å². The third kappa shape index (κ3) is 2.26. The highest BCUT2D eigenvalue weighted by atomic mass is 32.2. The molecule has 0 saturated heterocycles. The number of nitriles is 1. The Hall–Kier alpha value is -1.73. The van der Waals surface area contributed by atoms with Crippen LogP contribution in [0.25, 0.3) is 5.69 Å². The molecule has 0 spiro atoms. The Morgan fingerprint density at radius 3 is 2.63 bits per heavy atom. The maximum Gasteiger partial charge on any atom is 0.103 e. The monoisotopic (exact) mass is 271 g/mol. The summed E-state index contributed by atoms with van der Waals surface area (Å²) >= 11 is 1.59. The molecule has 0 aliphatic carbocycles. The molecule has 0 unspecified atom stereocenters. The molecule has 2 rings (SSSR count). The first-order chi connectivity index (χ1) is 9.13. The minimum Gasteiger partial charge on any atom is -0.236 e. The van der Waals surface area contributed by atoms with E-state index in [2.05, 4.69) is 25.0 Å². The minimum absolute atomic E-state index is 0.697. The second-order valence-corrected chi connectivity index (χ2v) is 5.23. The molecule has 19 heavy (non-hydrogen) atoms. The highest BCUT2D eigenvalue weighted by molar-refractivity contribution is 7.98. The van der Waals surface area contributed by atoms with Crippen molar-refractivity contribution in [1.29, 1.82) is 5.26 Å². The molecule has 0 atom stereocenters. The fourth-order valence-corrected chi connectivity index (χ4v) is 2.97. The zero-order valence-electron chi connectivity index (χ0n) is 11.7. The maximum atomic E-state index is 9.41. The number of aryl methyl sites for hydroxylation is 1. The number of thioether (sulfide) groups is 1. The predicted molar refractivity (Wildman–Crippen MR) is 78.9 cm³/mol. The van der Waals surface area contributed by atoms with Gasteiger partial charge in [0, 0.05) is 10.6 Å². The van der Waals surface area contributed by atoms with E-state index in [1.807, 2.05) is 36.1 Å². The molecular formula is C15H17N3S. The number of hydrogen-bond donors (Lipinski definition) is 0. The van der Waals surface area contributed by atoms with Crippen LogP contribution in [0.4, 0.5) is 0 Å². The van der Waals surface area contributed by atoms with Gasteiger partial charge in [-0.3, -0.25) is 0 Å². The molecule has 0 radical (unpaired) electrons. The van der Waals surface area contributed by atoms with Crippen molar-refractivity contribution < 1.29 is 0 Å². The van der Waals surface area contributed by atoms with Crippen LogP contribution < -0.4 is 0 Å². The molecule has 4 heteroatoms. The summed E-state index contributed by atoms with van der Waals surface area (Å²) in [5.41, 5.74) is 4.99. The van der Waals surface area contributed by atoms with Crippen molar-refractivity contribution >= 4 is 11.8 Å². The zero-order valence-corrected chi connectivity index (χ0v) is 12.5. The Bertz CT molecular complexity index is 650. The van der Waals surface area contributed by atoms with Crippen LogP contribution in [-0.2, 0) is 6.42 Å². The van der Waals surface area contributed by atoms with Crippen molar-refractivity contribution in [2.75, 3.05) is 6.26 Å². The van der Waals surface area contributed by atoms with Gasteiger partial charge in [-0.15, -0.1) is 11.8 Å². The van der Waals surface area contributed by atoms with Crippen molar-refractivity contribution in [2.24, 2.45) is 0 Å². The third-order valence-electron chi connectivity index (χ3n) is 3.36. The summed E-state index contributed by atoms with van der Waals surface area (Å²) in [5, 5.41) is 14.0. The Morgan fingerprint density at radius 1 is 1.37 bits per heavy atom. The Morgan fingerprint density at radius 2 is 2.11 bits per heavy atom. The number of rotatable bonds is 3. The fraction of sp³-hybridized carbons (Fsp3) is 0.333. The van der Waals surface area contributed by atoms with Crippen molar-refractivity contribution in [3.05, 3.63) is 40.7 Å². The Labute approximate surface area is 118 Å². The van der Waals surface area contributed by atoms with Crippen molar-refractivity contribution in [3.8, 4) is 11.8 Å². The van der Waals surface area contributed by atoms with Crippen molar-refractivity contribution in [1.82, 2.24) is 9.78 Å². The normalized spacial score (nSPS) is 10.5. The summed E-state index contributed by atoms with van der Waals surface area (Å²) < 4.78 is 1.90. The topological polar surface area (TPSA) is 41.6 Å². The largest absolute Gasteiger partial charge is 0.236 e. The van der Waals surface area contributed by atoms with Crippen LogP contribution in [0.2, 0.25) is 0 Å². The molecule has 0 amide bonds. The summed E-state index contributed by atoms with van der Waals surface area (Å²) in [7, 11) is 0. The minimum atomic E-state index is 0.697. The summed E-state index contributed by atoms with van der Waals surface area (Å²) in [4.78, 5) is 0.991. The molecule has 0 fully saturated rings. The van der Waals surface area contributed by atoms with Gasteiger partial charge in [-0.05, 0) is 44.2 Å². The van der Waals surface area contributed by atoms with Gasteiger partial charge in [0.05, 0.1) is 16.9 Å². The van der Waals surface area contributed by atoms with E-state index in [0.717, 1.165) is 28.4 Å². The lowest BCUT2D eigenvalue weighted by atomic mass is 10.1. The average molecular weight is 271 g/mol. The summed E-state index contributed by atoms with van der Waals surface area (Å²) in [6, 6.07) is 8.21. The van der Waals surface area contributed by atoms with Gasteiger partial charge in [0.25, 0.3) is 0 Å². The van der Waals surface area contributed by atoms with E-state index in [4.69, 9.17) is 0 Å². The number of hydrogen-bond acceptors (Lipinski definition) is 3. The van der Waals surface area contributed by atoms with E-state index in [1.54, 1.807) is 11.8 Å². The van der Waals surface area contributed by atoms with E-state index in [-0.39, 0.29) is 0 Å². The van der Waals surface area contributed by atoms with E-state index in [9.17, 15) is 5.26 Å². The SMILES string of the molecule is CCc1c(C)nn(-c2cccc(SC)c2C#N)c1C. The summed E-state index contributed by atoms with van der Waals surface area (Å²) in [6.45, 7) is 6.21. The lowest BCUT2D eigenvalue weighted by molar-refractivity contribution is 0.827. The van der Waals surface area contributed by atoms with Crippen molar-refractivity contribution in [3.63, 3.8) is 0 Å². The van der Waals surface area contributed by atoms with Crippen LogP contribution in [0.15, 0.2) is 23.1 Å². The second kappa shape index (κ2) is 5.50. The van der Waals surface area contributed by atoms with E-state index < -0.39 is 0 Å².